The minimum atomic E-state index is -1.55. The van der Waals surface area contributed by atoms with Gasteiger partial charge in [0.05, 0.1) is 0 Å². The summed E-state index contributed by atoms with van der Waals surface area (Å²) in [6.45, 7) is 3.16. The lowest BCUT2D eigenvalue weighted by molar-refractivity contribution is -0.136. The molecule has 0 amide bonds. The Hall–Kier alpha value is -0.430. The van der Waals surface area contributed by atoms with Crippen LogP contribution in [0, 0.1) is 0 Å². The van der Waals surface area contributed by atoms with Gasteiger partial charge in [-0.2, -0.15) is 0 Å². The van der Waals surface area contributed by atoms with E-state index in [0.717, 1.165) is 0 Å². The maximum absolute atomic E-state index is 10.6. The summed E-state index contributed by atoms with van der Waals surface area (Å²) < 4.78 is 10.6. The molecule has 0 aliphatic heterocycles. The SMILES string of the molecule is CCC(C(=O)O)[P+](C)=O. The van der Waals surface area contributed by atoms with E-state index in [9.17, 15) is 9.36 Å². The summed E-state index contributed by atoms with van der Waals surface area (Å²) in [5, 5.41) is 8.36. The zero-order chi connectivity index (χ0) is 7.44. The van der Waals surface area contributed by atoms with Gasteiger partial charge in [0.25, 0.3) is 5.66 Å². The highest BCUT2D eigenvalue weighted by atomic mass is 31.1. The standard InChI is InChI=1S/C5H9O3P/c1-3-4(5(6)7)9(2)8/h4H,3H2,1-2H3/p+1. The Morgan fingerprint density at radius 3 is 2.22 bits per heavy atom. The van der Waals surface area contributed by atoms with Crippen molar-refractivity contribution in [1.82, 2.24) is 0 Å². The number of aliphatic carboxylic acids is 1. The van der Waals surface area contributed by atoms with Crippen molar-refractivity contribution in [3.63, 3.8) is 0 Å². The molecule has 0 bridgehead atoms. The summed E-state index contributed by atoms with van der Waals surface area (Å²) in [6.07, 6.45) is 0.445. The maximum Gasteiger partial charge on any atom is 0.355 e. The summed E-state index contributed by atoms with van der Waals surface area (Å²) in [6, 6.07) is 0. The van der Waals surface area contributed by atoms with Gasteiger partial charge in [-0.25, -0.2) is 4.79 Å². The number of rotatable bonds is 3. The molecule has 0 aromatic rings. The third kappa shape index (κ3) is 2.56. The minimum Gasteiger partial charge on any atom is -0.478 e. The molecule has 0 heterocycles. The van der Waals surface area contributed by atoms with Crippen molar-refractivity contribution in [2.45, 2.75) is 19.0 Å². The quantitative estimate of drug-likeness (QED) is 0.615. The Morgan fingerprint density at radius 1 is 1.78 bits per heavy atom. The first kappa shape index (κ1) is 8.57. The van der Waals surface area contributed by atoms with Gasteiger partial charge in [0, 0.05) is 6.42 Å². The molecule has 0 aromatic carbocycles. The van der Waals surface area contributed by atoms with Gasteiger partial charge in [-0.15, -0.1) is 0 Å². The van der Waals surface area contributed by atoms with Crippen LogP contribution in [0.5, 0.6) is 0 Å². The van der Waals surface area contributed by atoms with Crippen LogP contribution in [-0.2, 0) is 9.36 Å². The first-order valence-corrected chi connectivity index (χ1v) is 4.50. The summed E-state index contributed by atoms with van der Waals surface area (Å²) in [5.41, 5.74) is -0.653. The summed E-state index contributed by atoms with van der Waals surface area (Å²) >= 11 is 0. The van der Waals surface area contributed by atoms with Crippen molar-refractivity contribution < 1.29 is 14.5 Å². The molecular formula is C5H10O3P+. The minimum absolute atomic E-state index is 0.445. The van der Waals surface area contributed by atoms with Crippen LogP contribution in [0.15, 0.2) is 0 Å². The van der Waals surface area contributed by atoms with Crippen LogP contribution in [-0.4, -0.2) is 23.4 Å². The summed E-state index contributed by atoms with van der Waals surface area (Å²) in [5.74, 6) is -0.957. The van der Waals surface area contributed by atoms with Gasteiger partial charge < -0.3 is 5.11 Å². The molecule has 0 aliphatic carbocycles. The van der Waals surface area contributed by atoms with E-state index in [0.29, 0.717) is 6.42 Å². The number of carboxylic acids is 1. The average Bonchev–Trinajstić information content (AvgIpc) is 1.64. The molecule has 0 rings (SSSR count). The smallest absolute Gasteiger partial charge is 0.355 e. The van der Waals surface area contributed by atoms with Crippen molar-refractivity contribution in [1.29, 1.82) is 0 Å². The van der Waals surface area contributed by atoms with Gasteiger partial charge in [-0.1, -0.05) is 11.5 Å². The van der Waals surface area contributed by atoms with E-state index in [-0.39, 0.29) is 0 Å². The molecule has 0 aromatic heterocycles. The highest BCUT2D eigenvalue weighted by Crippen LogP contribution is 2.25. The van der Waals surface area contributed by atoms with E-state index in [1.165, 1.54) is 6.66 Å². The number of carboxylic acid groups (broad SMARTS) is 1. The van der Waals surface area contributed by atoms with Crippen LogP contribution in [0.1, 0.15) is 13.3 Å². The topological polar surface area (TPSA) is 54.4 Å². The molecule has 0 aliphatic rings. The Kier molecular flexibility index (Phi) is 3.40. The molecule has 0 fully saturated rings. The van der Waals surface area contributed by atoms with E-state index < -0.39 is 19.4 Å². The largest absolute Gasteiger partial charge is 0.478 e. The molecular weight excluding hydrogens is 139 g/mol. The molecule has 0 radical (unpaired) electrons. The normalized spacial score (nSPS) is 14.7. The van der Waals surface area contributed by atoms with Gasteiger partial charge in [-0.3, -0.25) is 0 Å². The van der Waals surface area contributed by atoms with Crippen LogP contribution in [0.25, 0.3) is 0 Å². The number of carbonyl (C=O) groups is 1. The first-order valence-electron chi connectivity index (χ1n) is 2.72. The molecule has 0 saturated heterocycles. The third-order valence-electron chi connectivity index (χ3n) is 1.11. The van der Waals surface area contributed by atoms with Gasteiger partial charge in [0.15, 0.2) is 0 Å². The van der Waals surface area contributed by atoms with E-state index >= 15 is 0 Å². The maximum atomic E-state index is 10.6. The highest BCUT2D eigenvalue weighted by Gasteiger charge is 2.30. The van der Waals surface area contributed by atoms with Crippen molar-refractivity contribution >= 4 is 13.8 Å². The Morgan fingerprint density at radius 2 is 2.22 bits per heavy atom. The average molecular weight is 149 g/mol. The number of hydrogen-bond acceptors (Lipinski definition) is 2. The molecule has 1 N–H and O–H groups in total. The monoisotopic (exact) mass is 149 g/mol. The molecule has 52 valence electrons. The van der Waals surface area contributed by atoms with Crippen LogP contribution in [0.4, 0.5) is 0 Å². The molecule has 9 heavy (non-hydrogen) atoms. The second-order valence-corrected chi connectivity index (χ2v) is 3.52. The fourth-order valence-electron chi connectivity index (χ4n) is 0.587. The molecule has 4 heteroatoms. The lowest BCUT2D eigenvalue weighted by Gasteiger charge is -1.92. The lowest BCUT2D eigenvalue weighted by Crippen LogP contribution is -2.13. The fraction of sp³-hybridized carbons (Fsp3) is 0.800. The van der Waals surface area contributed by atoms with Crippen LogP contribution < -0.4 is 0 Å². The van der Waals surface area contributed by atoms with E-state index in [2.05, 4.69) is 0 Å². The summed E-state index contributed by atoms with van der Waals surface area (Å²) in [4.78, 5) is 10.2. The fourth-order valence-corrected chi connectivity index (χ4v) is 1.41. The molecule has 2 atom stereocenters. The number of hydrogen-bond donors (Lipinski definition) is 1. The first-order chi connectivity index (χ1) is 4.09. The van der Waals surface area contributed by atoms with Crippen molar-refractivity contribution in [3.05, 3.63) is 0 Å². The molecule has 0 saturated carbocycles. The van der Waals surface area contributed by atoms with Gasteiger partial charge in [-0.05, 0) is 0 Å². The Labute approximate surface area is 54.9 Å². The lowest BCUT2D eigenvalue weighted by atomic mass is 10.3. The van der Waals surface area contributed by atoms with E-state index in [4.69, 9.17) is 5.11 Å². The van der Waals surface area contributed by atoms with Crippen molar-refractivity contribution in [3.8, 4) is 0 Å². The predicted octanol–water partition coefficient (Wildman–Crippen LogP) is 1.31. The second-order valence-electron chi connectivity index (χ2n) is 1.81. The van der Waals surface area contributed by atoms with Crippen LogP contribution in [0.2, 0.25) is 0 Å². The zero-order valence-corrected chi connectivity index (χ0v) is 6.39. The van der Waals surface area contributed by atoms with Crippen molar-refractivity contribution in [2.75, 3.05) is 6.66 Å². The van der Waals surface area contributed by atoms with Gasteiger partial charge >= 0.3 is 13.8 Å². The third-order valence-corrected chi connectivity index (χ3v) is 2.57. The van der Waals surface area contributed by atoms with Gasteiger partial charge in [0.2, 0.25) is 0 Å². The Balaban J connectivity index is 3.99. The zero-order valence-electron chi connectivity index (χ0n) is 5.50. The molecule has 3 nitrogen and oxygen atoms in total. The van der Waals surface area contributed by atoms with Crippen LogP contribution in [0.3, 0.4) is 0 Å². The predicted molar refractivity (Wildman–Crippen MR) is 35.2 cm³/mol. The van der Waals surface area contributed by atoms with Gasteiger partial charge in [0.1, 0.15) is 6.66 Å². The van der Waals surface area contributed by atoms with E-state index in [1.54, 1.807) is 6.92 Å². The summed E-state index contributed by atoms with van der Waals surface area (Å²) in [7, 11) is -1.55. The Bertz CT molecular complexity index is 118. The second kappa shape index (κ2) is 3.57. The van der Waals surface area contributed by atoms with E-state index in [1.807, 2.05) is 0 Å². The molecule has 0 spiro atoms. The highest BCUT2D eigenvalue weighted by molar-refractivity contribution is 7.45. The van der Waals surface area contributed by atoms with Crippen molar-refractivity contribution in [2.24, 2.45) is 0 Å². The van der Waals surface area contributed by atoms with Crippen LogP contribution >= 0.6 is 7.80 Å². The molecule has 2 unspecified atom stereocenters.